The van der Waals surface area contributed by atoms with Crippen molar-refractivity contribution in [1.29, 1.82) is 0 Å². The number of hydrogen-bond acceptors (Lipinski definition) is 1. The number of nitrogens with one attached hydrogen (secondary N) is 1. The minimum absolute atomic E-state index is 0.0815. The quantitative estimate of drug-likeness (QED) is 0.868. The molecule has 0 aliphatic heterocycles. The number of hydrogen-bond donors (Lipinski definition) is 1. The second kappa shape index (κ2) is 3.69. The van der Waals surface area contributed by atoms with Gasteiger partial charge >= 0.3 is 0 Å². The smallest absolute Gasteiger partial charge is 0.227 e. The van der Waals surface area contributed by atoms with Crippen molar-refractivity contribution in [1.82, 2.24) is 0 Å². The summed E-state index contributed by atoms with van der Waals surface area (Å²) in [5.74, 6) is -0.391. The zero-order valence-corrected chi connectivity index (χ0v) is 8.97. The van der Waals surface area contributed by atoms with Crippen LogP contribution in [0.2, 0.25) is 0 Å². The first kappa shape index (κ1) is 9.65. The lowest BCUT2D eigenvalue weighted by atomic mass is 10.3. The Balaban J connectivity index is 2.14. The van der Waals surface area contributed by atoms with Gasteiger partial charge in [-0.05, 0) is 31.0 Å². The van der Waals surface area contributed by atoms with Crippen LogP contribution in [0.25, 0.3) is 0 Å². The van der Waals surface area contributed by atoms with Gasteiger partial charge in [0.25, 0.3) is 0 Å². The highest BCUT2D eigenvalue weighted by Crippen LogP contribution is 2.31. The summed E-state index contributed by atoms with van der Waals surface area (Å²) < 4.78 is 13.9. The number of benzene rings is 1. The highest BCUT2D eigenvalue weighted by Gasteiger charge is 2.29. The summed E-state index contributed by atoms with van der Waals surface area (Å²) in [5.41, 5.74) is 0.247. The predicted octanol–water partition coefficient (Wildman–Crippen LogP) is 2.94. The van der Waals surface area contributed by atoms with Crippen LogP contribution >= 0.6 is 15.9 Å². The minimum atomic E-state index is -0.401. The lowest BCUT2D eigenvalue weighted by Crippen LogP contribution is -2.14. The molecule has 2 nitrogen and oxygen atoms in total. The summed E-state index contributed by atoms with van der Waals surface area (Å²) in [6.45, 7) is 0. The first-order chi connectivity index (χ1) is 6.66. The van der Waals surface area contributed by atoms with Crippen LogP contribution in [-0.4, -0.2) is 5.91 Å². The highest BCUT2D eigenvalue weighted by molar-refractivity contribution is 9.10. The summed E-state index contributed by atoms with van der Waals surface area (Å²) in [7, 11) is 0. The van der Waals surface area contributed by atoms with Gasteiger partial charge in [0.05, 0.1) is 5.69 Å². The van der Waals surface area contributed by atoms with Crippen molar-refractivity contribution in [3.8, 4) is 0 Å². The fourth-order valence-electron chi connectivity index (χ4n) is 1.17. The van der Waals surface area contributed by atoms with Crippen LogP contribution in [0.15, 0.2) is 22.7 Å². The van der Waals surface area contributed by atoms with Crippen LogP contribution in [0.5, 0.6) is 0 Å². The fraction of sp³-hybridized carbons (Fsp3) is 0.300. The molecule has 14 heavy (non-hydrogen) atoms. The molecule has 1 aliphatic carbocycles. The Kier molecular flexibility index (Phi) is 2.54. The summed E-state index contributed by atoms with van der Waals surface area (Å²) in [4.78, 5) is 11.3. The minimum Gasteiger partial charge on any atom is -0.323 e. The van der Waals surface area contributed by atoms with Crippen LogP contribution in [0.3, 0.4) is 0 Å². The van der Waals surface area contributed by atoms with Gasteiger partial charge in [-0.25, -0.2) is 4.39 Å². The van der Waals surface area contributed by atoms with E-state index in [1.165, 1.54) is 6.07 Å². The SMILES string of the molecule is O=C(Nc1cc(Br)ccc1F)C1CC1. The number of anilines is 1. The average molecular weight is 258 g/mol. The van der Waals surface area contributed by atoms with Crippen LogP contribution in [0.1, 0.15) is 12.8 Å². The van der Waals surface area contributed by atoms with Crippen LogP contribution in [0, 0.1) is 11.7 Å². The molecule has 0 heterocycles. The number of carbonyl (C=O) groups is 1. The van der Waals surface area contributed by atoms with Crippen molar-refractivity contribution >= 4 is 27.5 Å². The summed E-state index contributed by atoms with van der Waals surface area (Å²) in [6, 6.07) is 4.49. The predicted molar refractivity (Wildman–Crippen MR) is 55.5 cm³/mol. The van der Waals surface area contributed by atoms with Gasteiger partial charge in [0.1, 0.15) is 5.82 Å². The van der Waals surface area contributed by atoms with E-state index in [0.717, 1.165) is 17.3 Å². The van der Waals surface area contributed by atoms with E-state index >= 15 is 0 Å². The van der Waals surface area contributed by atoms with Gasteiger partial charge in [-0.1, -0.05) is 15.9 Å². The standard InChI is InChI=1S/C10H9BrFNO/c11-7-3-4-8(12)9(5-7)13-10(14)6-1-2-6/h3-6H,1-2H2,(H,13,14). The molecule has 2 rings (SSSR count). The monoisotopic (exact) mass is 257 g/mol. The lowest BCUT2D eigenvalue weighted by Gasteiger charge is -2.05. The van der Waals surface area contributed by atoms with Gasteiger partial charge < -0.3 is 5.32 Å². The molecule has 0 bridgehead atoms. The van der Waals surface area contributed by atoms with Crippen LogP contribution in [0.4, 0.5) is 10.1 Å². The normalized spacial score (nSPS) is 15.3. The molecule has 0 radical (unpaired) electrons. The Morgan fingerprint density at radius 3 is 2.86 bits per heavy atom. The van der Waals surface area contributed by atoms with Crippen molar-refractivity contribution in [2.24, 2.45) is 5.92 Å². The molecule has 4 heteroatoms. The Bertz CT molecular complexity index is 376. The van der Waals surface area contributed by atoms with Gasteiger partial charge in [0, 0.05) is 10.4 Å². The van der Waals surface area contributed by atoms with Crippen molar-refractivity contribution in [2.45, 2.75) is 12.8 Å². The number of rotatable bonds is 2. The second-order valence-electron chi connectivity index (χ2n) is 3.39. The molecule has 0 saturated heterocycles. The van der Waals surface area contributed by atoms with E-state index in [9.17, 15) is 9.18 Å². The number of carbonyl (C=O) groups excluding carboxylic acids is 1. The second-order valence-corrected chi connectivity index (χ2v) is 4.30. The third-order valence-corrected chi connectivity index (χ3v) is 2.63. The topological polar surface area (TPSA) is 29.1 Å². The summed E-state index contributed by atoms with van der Waals surface area (Å²) in [5, 5.41) is 2.57. The number of amides is 1. The van der Waals surface area contributed by atoms with E-state index in [1.54, 1.807) is 12.1 Å². The molecule has 0 spiro atoms. The van der Waals surface area contributed by atoms with E-state index in [2.05, 4.69) is 21.2 Å². The molecule has 1 aliphatic rings. The molecule has 1 fully saturated rings. The van der Waals surface area contributed by atoms with Crippen molar-refractivity contribution < 1.29 is 9.18 Å². The maximum Gasteiger partial charge on any atom is 0.227 e. The van der Waals surface area contributed by atoms with E-state index in [1.807, 2.05) is 0 Å². The summed E-state index contributed by atoms with van der Waals surface area (Å²) >= 11 is 3.22. The van der Waals surface area contributed by atoms with Gasteiger partial charge in [-0.3, -0.25) is 4.79 Å². The average Bonchev–Trinajstić information content (AvgIpc) is 2.94. The first-order valence-corrected chi connectivity index (χ1v) is 5.22. The van der Waals surface area contributed by atoms with E-state index in [-0.39, 0.29) is 17.5 Å². The molecule has 1 N–H and O–H groups in total. The molecule has 1 saturated carbocycles. The molecule has 0 unspecified atom stereocenters. The molecule has 1 amide bonds. The maximum atomic E-state index is 13.2. The van der Waals surface area contributed by atoms with Gasteiger partial charge in [0.15, 0.2) is 0 Å². The Morgan fingerprint density at radius 1 is 1.50 bits per heavy atom. The zero-order chi connectivity index (χ0) is 10.1. The highest BCUT2D eigenvalue weighted by atomic mass is 79.9. The van der Waals surface area contributed by atoms with Crippen molar-refractivity contribution in [3.05, 3.63) is 28.5 Å². The Labute approximate surface area is 89.6 Å². The van der Waals surface area contributed by atoms with Gasteiger partial charge in [0.2, 0.25) is 5.91 Å². The molecule has 74 valence electrons. The van der Waals surface area contributed by atoms with Crippen molar-refractivity contribution in [3.63, 3.8) is 0 Å². The largest absolute Gasteiger partial charge is 0.323 e. The van der Waals surface area contributed by atoms with E-state index < -0.39 is 5.82 Å². The molecule has 1 aromatic rings. The lowest BCUT2D eigenvalue weighted by molar-refractivity contribution is -0.117. The molecule has 0 atom stereocenters. The van der Waals surface area contributed by atoms with Gasteiger partial charge in [-0.15, -0.1) is 0 Å². The Hall–Kier alpha value is -0.900. The maximum absolute atomic E-state index is 13.2. The molecular weight excluding hydrogens is 249 g/mol. The van der Waals surface area contributed by atoms with Crippen molar-refractivity contribution in [2.75, 3.05) is 5.32 Å². The third-order valence-electron chi connectivity index (χ3n) is 2.13. The molecule has 1 aromatic carbocycles. The zero-order valence-electron chi connectivity index (χ0n) is 7.39. The fourth-order valence-corrected chi connectivity index (χ4v) is 1.53. The van der Waals surface area contributed by atoms with Crippen LogP contribution in [-0.2, 0) is 4.79 Å². The van der Waals surface area contributed by atoms with Crippen LogP contribution < -0.4 is 5.32 Å². The third kappa shape index (κ3) is 2.12. The number of halogens is 2. The first-order valence-electron chi connectivity index (χ1n) is 4.43. The molecular formula is C10H9BrFNO. The summed E-state index contributed by atoms with van der Waals surface area (Å²) in [6.07, 6.45) is 1.84. The van der Waals surface area contributed by atoms with E-state index in [4.69, 9.17) is 0 Å². The molecule has 0 aromatic heterocycles. The van der Waals surface area contributed by atoms with E-state index in [0.29, 0.717) is 0 Å². The van der Waals surface area contributed by atoms with Gasteiger partial charge in [-0.2, -0.15) is 0 Å². The Morgan fingerprint density at radius 2 is 2.21 bits per heavy atom.